The molecule has 0 radical (unpaired) electrons. The molecule has 1 fully saturated rings. The van der Waals surface area contributed by atoms with Crippen LogP contribution in [-0.4, -0.2) is 60.3 Å². The number of nitrogens with one attached hydrogen (secondary N) is 3. The highest BCUT2D eigenvalue weighted by molar-refractivity contribution is 6.32. The smallest absolute Gasteiger partial charge is 0.323 e. The van der Waals surface area contributed by atoms with E-state index in [4.69, 9.17) is 27.9 Å². The number of carbonyl (C=O) groups excluding carboxylic acids is 1. The van der Waals surface area contributed by atoms with E-state index in [1.807, 2.05) is 0 Å². The molecule has 4 aromatic rings. The van der Waals surface area contributed by atoms with E-state index >= 15 is 0 Å². The highest BCUT2D eigenvalue weighted by atomic mass is 35.5. The Kier molecular flexibility index (Phi) is 5.57. The van der Waals surface area contributed by atoms with E-state index in [-0.39, 0.29) is 16.3 Å². The van der Waals surface area contributed by atoms with E-state index in [9.17, 15) is 4.79 Å². The van der Waals surface area contributed by atoms with Crippen LogP contribution < -0.4 is 16.0 Å². The number of ether oxygens (including phenoxy) is 1. The number of carbonyl (C=O) groups is 1. The average Bonchev–Trinajstić information content (AvgIpc) is 3.43. The number of nitrogens with zero attached hydrogens (tertiary/aromatic N) is 7. The maximum absolute atomic E-state index is 12.7. The molecule has 5 heterocycles. The second-order valence-electron chi connectivity index (χ2n) is 6.78. The van der Waals surface area contributed by atoms with E-state index < -0.39 is 6.03 Å². The van der Waals surface area contributed by atoms with Crippen LogP contribution in [0.3, 0.4) is 0 Å². The molecule has 0 aliphatic carbocycles. The lowest BCUT2D eigenvalue weighted by Gasteiger charge is -2.26. The number of urea groups is 1. The Balaban J connectivity index is 1.39. The number of anilines is 2. The fourth-order valence-electron chi connectivity index (χ4n) is 3.33. The summed E-state index contributed by atoms with van der Waals surface area (Å²) >= 11 is 12.3. The molecule has 1 unspecified atom stereocenters. The fourth-order valence-corrected chi connectivity index (χ4v) is 3.74. The van der Waals surface area contributed by atoms with E-state index in [2.05, 4.69) is 41.2 Å². The number of aromatic nitrogens is 7. The number of rotatable bonds is 4. The Hall–Kier alpha value is -3.32. The van der Waals surface area contributed by atoms with Crippen molar-refractivity contribution in [2.45, 2.75) is 6.10 Å². The van der Waals surface area contributed by atoms with Crippen LogP contribution in [0.2, 0.25) is 10.2 Å². The summed E-state index contributed by atoms with van der Waals surface area (Å²) in [6, 6.07) is 2.67. The molecule has 2 amide bonds. The second-order valence-corrected chi connectivity index (χ2v) is 7.58. The zero-order valence-corrected chi connectivity index (χ0v) is 17.9. The van der Waals surface area contributed by atoms with Crippen LogP contribution in [0.25, 0.3) is 11.5 Å². The van der Waals surface area contributed by atoms with Gasteiger partial charge in [-0.15, -0.1) is 4.80 Å². The second kappa shape index (κ2) is 8.67. The van der Waals surface area contributed by atoms with Gasteiger partial charge in [0.2, 0.25) is 0 Å². The van der Waals surface area contributed by atoms with Gasteiger partial charge in [0.1, 0.15) is 6.10 Å². The van der Waals surface area contributed by atoms with Crippen LogP contribution >= 0.6 is 23.2 Å². The van der Waals surface area contributed by atoms with Crippen LogP contribution in [-0.2, 0) is 4.74 Å². The van der Waals surface area contributed by atoms with Crippen LogP contribution in [0.4, 0.5) is 16.2 Å². The van der Waals surface area contributed by atoms with Gasteiger partial charge >= 0.3 is 6.03 Å². The molecular formula is C18H16Cl2N10O2. The topological polar surface area (TPSA) is 136 Å². The number of fused-ring (bicyclic) bond motifs is 1. The highest BCUT2D eigenvalue weighted by Gasteiger charge is 2.25. The molecule has 1 saturated heterocycles. The minimum Gasteiger partial charge on any atom is -0.369 e. The van der Waals surface area contributed by atoms with Gasteiger partial charge in [-0.1, -0.05) is 23.2 Å². The van der Waals surface area contributed by atoms with Gasteiger partial charge in [-0.2, -0.15) is 15.3 Å². The molecule has 32 heavy (non-hydrogen) atoms. The van der Waals surface area contributed by atoms with Crippen molar-refractivity contribution in [3.05, 3.63) is 52.8 Å². The zero-order chi connectivity index (χ0) is 22.1. The average molecular weight is 475 g/mol. The molecule has 14 heteroatoms. The van der Waals surface area contributed by atoms with Crippen molar-refractivity contribution in [3.8, 4) is 5.82 Å². The monoisotopic (exact) mass is 474 g/mol. The molecule has 0 saturated carbocycles. The molecule has 12 nitrogen and oxygen atoms in total. The van der Waals surface area contributed by atoms with Crippen molar-refractivity contribution in [1.82, 2.24) is 39.9 Å². The molecule has 1 aliphatic heterocycles. The summed E-state index contributed by atoms with van der Waals surface area (Å²) in [5.41, 5.74) is 1.99. The van der Waals surface area contributed by atoms with Crippen molar-refractivity contribution in [1.29, 1.82) is 0 Å². The summed E-state index contributed by atoms with van der Waals surface area (Å²) in [5, 5.41) is 21.6. The lowest BCUT2D eigenvalue weighted by Crippen LogP contribution is -2.35. The standard InChI is InChI=1S/C18H16Cl2N10O2/c19-11-5-10(7-23-17(11)30-24-1-2-25-30)26-18(31)27-12-8-22-15-6-14(20)28-29(15)16(12)13-9-21-3-4-32-13/h1-2,5-8,13,21H,3-4,9H2,(H2,26,27,31). The molecule has 0 spiro atoms. The van der Waals surface area contributed by atoms with E-state index in [0.717, 1.165) is 6.54 Å². The lowest BCUT2D eigenvalue weighted by molar-refractivity contribution is 0.0242. The SMILES string of the molecule is O=C(Nc1cnc(-n2nccn2)c(Cl)c1)Nc1cnc2cc(Cl)nn2c1C1CNCCO1. The predicted molar refractivity (Wildman–Crippen MR) is 116 cm³/mol. The molecular weight excluding hydrogens is 459 g/mol. The zero-order valence-electron chi connectivity index (χ0n) is 16.4. The quantitative estimate of drug-likeness (QED) is 0.409. The molecule has 0 bridgehead atoms. The first-order valence-corrected chi connectivity index (χ1v) is 10.3. The lowest BCUT2D eigenvalue weighted by atomic mass is 10.2. The first-order valence-electron chi connectivity index (χ1n) is 9.55. The molecule has 3 N–H and O–H groups in total. The van der Waals surface area contributed by atoms with Crippen molar-refractivity contribution < 1.29 is 9.53 Å². The minimum atomic E-state index is -0.516. The summed E-state index contributed by atoms with van der Waals surface area (Å²) in [6.45, 7) is 1.82. The van der Waals surface area contributed by atoms with Crippen molar-refractivity contribution in [2.24, 2.45) is 0 Å². The Morgan fingerprint density at radius 3 is 2.75 bits per heavy atom. The fraction of sp³-hybridized carbons (Fsp3) is 0.222. The third-order valence-corrected chi connectivity index (χ3v) is 5.12. The molecule has 5 rings (SSSR count). The molecule has 1 atom stereocenters. The van der Waals surface area contributed by atoms with E-state index in [1.165, 1.54) is 29.6 Å². The number of halogens is 2. The number of amides is 2. The Morgan fingerprint density at radius 1 is 1.16 bits per heavy atom. The maximum Gasteiger partial charge on any atom is 0.323 e. The largest absolute Gasteiger partial charge is 0.369 e. The van der Waals surface area contributed by atoms with E-state index in [1.54, 1.807) is 16.6 Å². The molecule has 1 aliphatic rings. The number of hydrogen-bond donors (Lipinski definition) is 3. The van der Waals surface area contributed by atoms with Crippen molar-refractivity contribution >= 4 is 46.3 Å². The Labute approximate surface area is 190 Å². The molecule has 0 aromatic carbocycles. The normalized spacial score (nSPS) is 16.2. The maximum atomic E-state index is 12.7. The van der Waals surface area contributed by atoms with Crippen molar-refractivity contribution in [2.75, 3.05) is 30.3 Å². The van der Waals surface area contributed by atoms with Gasteiger partial charge < -0.3 is 20.7 Å². The predicted octanol–water partition coefficient (Wildman–Crippen LogP) is 2.32. The van der Waals surface area contributed by atoms with Crippen LogP contribution in [0.15, 0.2) is 36.9 Å². The summed E-state index contributed by atoms with van der Waals surface area (Å²) < 4.78 is 7.45. The van der Waals surface area contributed by atoms with Gasteiger partial charge in [-0.25, -0.2) is 19.3 Å². The number of hydrogen-bond acceptors (Lipinski definition) is 8. The molecule has 164 valence electrons. The van der Waals surface area contributed by atoms with Gasteiger partial charge in [0.15, 0.2) is 16.6 Å². The van der Waals surface area contributed by atoms with Gasteiger partial charge in [-0.3, -0.25) is 0 Å². The van der Waals surface area contributed by atoms with E-state index in [0.29, 0.717) is 41.7 Å². The minimum absolute atomic E-state index is 0.274. The van der Waals surface area contributed by atoms with Gasteiger partial charge in [-0.05, 0) is 6.07 Å². The summed E-state index contributed by atoms with van der Waals surface area (Å²) in [4.78, 5) is 22.5. The summed E-state index contributed by atoms with van der Waals surface area (Å²) in [5.74, 6) is 0.345. The van der Waals surface area contributed by atoms with Crippen LogP contribution in [0.5, 0.6) is 0 Å². The van der Waals surface area contributed by atoms with Crippen LogP contribution in [0, 0.1) is 0 Å². The van der Waals surface area contributed by atoms with Crippen molar-refractivity contribution in [3.63, 3.8) is 0 Å². The summed E-state index contributed by atoms with van der Waals surface area (Å²) in [6.07, 6.45) is 5.67. The Bertz CT molecular complexity index is 1270. The van der Waals surface area contributed by atoms with Gasteiger partial charge in [0, 0.05) is 19.2 Å². The number of morpholine rings is 1. The van der Waals surface area contributed by atoms with Gasteiger partial charge in [0.25, 0.3) is 0 Å². The third-order valence-electron chi connectivity index (χ3n) is 4.66. The van der Waals surface area contributed by atoms with Gasteiger partial charge in [0.05, 0.1) is 53.5 Å². The van der Waals surface area contributed by atoms with Crippen LogP contribution in [0.1, 0.15) is 11.8 Å². The summed E-state index contributed by atoms with van der Waals surface area (Å²) in [7, 11) is 0. The first-order chi connectivity index (χ1) is 15.6. The first kappa shape index (κ1) is 20.6. The Morgan fingerprint density at radius 2 is 2.00 bits per heavy atom. The molecule has 4 aromatic heterocycles. The third kappa shape index (κ3) is 4.08. The highest BCUT2D eigenvalue weighted by Crippen LogP contribution is 2.28. The number of pyridine rings is 1.